The Bertz CT molecular complexity index is 307. The zero-order valence-electron chi connectivity index (χ0n) is 8.63. The van der Waals surface area contributed by atoms with Crippen molar-refractivity contribution in [2.24, 2.45) is 0 Å². The van der Waals surface area contributed by atoms with Crippen LogP contribution in [0.25, 0.3) is 0 Å². The monoisotopic (exact) mass is 253 g/mol. The third-order valence-electron chi connectivity index (χ3n) is 2.13. The van der Waals surface area contributed by atoms with Crippen LogP contribution < -0.4 is 5.32 Å². The SMILES string of the molecule is C/C=C/CN[C@H](C)c1cccc(Br)c1. The minimum Gasteiger partial charge on any atom is -0.307 e. The topological polar surface area (TPSA) is 12.0 Å². The van der Waals surface area contributed by atoms with Crippen LogP contribution in [0.15, 0.2) is 40.9 Å². The summed E-state index contributed by atoms with van der Waals surface area (Å²) in [6.07, 6.45) is 4.18. The lowest BCUT2D eigenvalue weighted by Gasteiger charge is -2.12. The quantitative estimate of drug-likeness (QED) is 0.808. The molecule has 1 aromatic carbocycles. The lowest BCUT2D eigenvalue weighted by atomic mass is 10.1. The second-order valence-corrected chi connectivity index (χ2v) is 4.17. The summed E-state index contributed by atoms with van der Waals surface area (Å²) in [5.74, 6) is 0. The van der Waals surface area contributed by atoms with Crippen LogP contribution in [0.4, 0.5) is 0 Å². The van der Waals surface area contributed by atoms with Gasteiger partial charge in [0.25, 0.3) is 0 Å². The smallest absolute Gasteiger partial charge is 0.0295 e. The summed E-state index contributed by atoms with van der Waals surface area (Å²) >= 11 is 3.47. The van der Waals surface area contributed by atoms with E-state index >= 15 is 0 Å². The zero-order chi connectivity index (χ0) is 10.4. The highest BCUT2D eigenvalue weighted by molar-refractivity contribution is 9.10. The van der Waals surface area contributed by atoms with Crippen molar-refractivity contribution in [1.29, 1.82) is 0 Å². The van der Waals surface area contributed by atoms with E-state index in [1.54, 1.807) is 0 Å². The Kier molecular flexibility index (Phi) is 4.91. The molecule has 0 heterocycles. The minimum absolute atomic E-state index is 0.392. The molecule has 1 atom stereocenters. The Hall–Kier alpha value is -0.600. The summed E-state index contributed by atoms with van der Waals surface area (Å²) in [5.41, 5.74) is 1.31. The zero-order valence-corrected chi connectivity index (χ0v) is 10.2. The van der Waals surface area contributed by atoms with Gasteiger partial charge in [0.05, 0.1) is 0 Å². The van der Waals surface area contributed by atoms with Crippen LogP contribution in [-0.2, 0) is 0 Å². The maximum Gasteiger partial charge on any atom is 0.0295 e. The van der Waals surface area contributed by atoms with Crippen molar-refractivity contribution < 1.29 is 0 Å². The first-order valence-electron chi connectivity index (χ1n) is 4.84. The molecule has 0 aromatic heterocycles. The van der Waals surface area contributed by atoms with Gasteiger partial charge in [-0.3, -0.25) is 0 Å². The Morgan fingerprint density at radius 2 is 2.29 bits per heavy atom. The van der Waals surface area contributed by atoms with E-state index in [-0.39, 0.29) is 0 Å². The maximum absolute atomic E-state index is 3.47. The highest BCUT2D eigenvalue weighted by atomic mass is 79.9. The minimum atomic E-state index is 0.392. The van der Waals surface area contributed by atoms with Gasteiger partial charge in [-0.05, 0) is 31.5 Å². The molecule has 2 heteroatoms. The fourth-order valence-electron chi connectivity index (χ4n) is 1.26. The summed E-state index contributed by atoms with van der Waals surface area (Å²) in [6.45, 7) is 5.13. The molecule has 0 spiro atoms. The molecule has 0 aliphatic heterocycles. The van der Waals surface area contributed by atoms with Gasteiger partial charge in [-0.1, -0.05) is 40.2 Å². The van der Waals surface area contributed by atoms with Gasteiger partial charge in [0.1, 0.15) is 0 Å². The lowest BCUT2D eigenvalue weighted by Crippen LogP contribution is -2.18. The Morgan fingerprint density at radius 1 is 1.50 bits per heavy atom. The molecule has 0 bridgehead atoms. The number of hydrogen-bond acceptors (Lipinski definition) is 1. The first-order chi connectivity index (χ1) is 6.74. The normalized spacial score (nSPS) is 13.4. The summed E-state index contributed by atoms with van der Waals surface area (Å²) in [6, 6.07) is 8.78. The second-order valence-electron chi connectivity index (χ2n) is 3.25. The molecule has 1 aromatic rings. The molecule has 1 rings (SSSR count). The van der Waals surface area contributed by atoms with Crippen LogP contribution in [0.1, 0.15) is 25.5 Å². The van der Waals surface area contributed by atoms with Crippen LogP contribution in [0, 0.1) is 0 Å². The molecule has 14 heavy (non-hydrogen) atoms. The molecule has 0 amide bonds. The molecular formula is C12H16BrN. The molecule has 76 valence electrons. The van der Waals surface area contributed by atoms with Gasteiger partial charge in [0.15, 0.2) is 0 Å². The van der Waals surface area contributed by atoms with Crippen LogP contribution in [0.3, 0.4) is 0 Å². The number of nitrogens with one attached hydrogen (secondary N) is 1. The third kappa shape index (κ3) is 3.64. The number of benzene rings is 1. The van der Waals surface area contributed by atoms with Crippen LogP contribution in [0.2, 0.25) is 0 Å². The Labute approximate surface area is 94.3 Å². The molecule has 0 saturated carbocycles. The number of halogens is 1. The van der Waals surface area contributed by atoms with Crippen molar-refractivity contribution in [1.82, 2.24) is 5.32 Å². The first kappa shape index (κ1) is 11.5. The molecule has 0 radical (unpaired) electrons. The van der Waals surface area contributed by atoms with Crippen molar-refractivity contribution in [3.63, 3.8) is 0 Å². The van der Waals surface area contributed by atoms with Crippen LogP contribution >= 0.6 is 15.9 Å². The van der Waals surface area contributed by atoms with Crippen molar-refractivity contribution in [3.8, 4) is 0 Å². The first-order valence-corrected chi connectivity index (χ1v) is 5.63. The summed E-state index contributed by atoms with van der Waals surface area (Å²) in [7, 11) is 0. The van der Waals surface area contributed by atoms with Crippen molar-refractivity contribution in [3.05, 3.63) is 46.5 Å². The van der Waals surface area contributed by atoms with E-state index in [0.717, 1.165) is 11.0 Å². The van der Waals surface area contributed by atoms with Crippen molar-refractivity contribution in [2.45, 2.75) is 19.9 Å². The van der Waals surface area contributed by atoms with Gasteiger partial charge < -0.3 is 5.32 Å². The lowest BCUT2D eigenvalue weighted by molar-refractivity contribution is 0.617. The van der Waals surface area contributed by atoms with E-state index in [0.29, 0.717) is 6.04 Å². The van der Waals surface area contributed by atoms with Gasteiger partial charge in [-0.2, -0.15) is 0 Å². The van der Waals surface area contributed by atoms with Gasteiger partial charge in [0, 0.05) is 17.1 Å². The molecular weight excluding hydrogens is 238 g/mol. The van der Waals surface area contributed by atoms with E-state index in [9.17, 15) is 0 Å². The summed E-state index contributed by atoms with van der Waals surface area (Å²) < 4.78 is 1.13. The van der Waals surface area contributed by atoms with E-state index in [1.807, 2.05) is 13.0 Å². The highest BCUT2D eigenvalue weighted by Gasteiger charge is 2.02. The molecule has 0 aliphatic rings. The number of allylic oxidation sites excluding steroid dienone is 1. The second kappa shape index (κ2) is 5.99. The molecule has 1 N–H and O–H groups in total. The van der Waals surface area contributed by atoms with Crippen LogP contribution in [0.5, 0.6) is 0 Å². The average Bonchev–Trinajstić information content (AvgIpc) is 2.18. The fourth-order valence-corrected chi connectivity index (χ4v) is 1.67. The Balaban J connectivity index is 2.55. The van der Waals surface area contributed by atoms with Crippen molar-refractivity contribution in [2.75, 3.05) is 6.54 Å². The predicted molar refractivity (Wildman–Crippen MR) is 65.4 cm³/mol. The number of hydrogen-bond donors (Lipinski definition) is 1. The molecule has 0 unspecified atom stereocenters. The van der Waals surface area contributed by atoms with E-state index in [4.69, 9.17) is 0 Å². The molecule has 0 aliphatic carbocycles. The average molecular weight is 254 g/mol. The Morgan fingerprint density at radius 3 is 2.93 bits per heavy atom. The van der Waals surface area contributed by atoms with E-state index < -0.39 is 0 Å². The van der Waals surface area contributed by atoms with E-state index in [2.05, 4.69) is 58.5 Å². The highest BCUT2D eigenvalue weighted by Crippen LogP contribution is 2.17. The van der Waals surface area contributed by atoms with Gasteiger partial charge in [-0.15, -0.1) is 0 Å². The largest absolute Gasteiger partial charge is 0.307 e. The predicted octanol–water partition coefficient (Wildman–Crippen LogP) is 3.68. The molecule has 0 fully saturated rings. The number of rotatable bonds is 4. The fraction of sp³-hybridized carbons (Fsp3) is 0.333. The van der Waals surface area contributed by atoms with Crippen LogP contribution in [-0.4, -0.2) is 6.54 Å². The van der Waals surface area contributed by atoms with Gasteiger partial charge in [-0.25, -0.2) is 0 Å². The summed E-state index contributed by atoms with van der Waals surface area (Å²) in [5, 5.41) is 3.42. The molecule has 0 saturated heterocycles. The van der Waals surface area contributed by atoms with Gasteiger partial charge >= 0.3 is 0 Å². The van der Waals surface area contributed by atoms with Gasteiger partial charge in [0.2, 0.25) is 0 Å². The maximum atomic E-state index is 3.47. The summed E-state index contributed by atoms with van der Waals surface area (Å²) in [4.78, 5) is 0. The standard InChI is InChI=1S/C12H16BrN/c1-3-4-8-14-10(2)11-6-5-7-12(13)9-11/h3-7,9-10,14H,8H2,1-2H3/b4-3+/t10-/m1/s1. The third-order valence-corrected chi connectivity index (χ3v) is 2.62. The van der Waals surface area contributed by atoms with Crippen molar-refractivity contribution >= 4 is 15.9 Å². The molecule has 1 nitrogen and oxygen atoms in total. The van der Waals surface area contributed by atoms with E-state index in [1.165, 1.54) is 5.56 Å².